The molecule has 1 N–H and O–H groups in total. The minimum atomic E-state index is -4.48. The van der Waals surface area contributed by atoms with Crippen molar-refractivity contribution in [2.24, 2.45) is 0 Å². The van der Waals surface area contributed by atoms with Crippen molar-refractivity contribution in [1.82, 2.24) is 4.72 Å². The summed E-state index contributed by atoms with van der Waals surface area (Å²) in [5.74, 6) is 0. The van der Waals surface area contributed by atoms with E-state index in [1.54, 1.807) is 6.92 Å². The Kier molecular flexibility index (Phi) is 4.68. The molecule has 0 heterocycles. The number of thiol groups is 1. The second kappa shape index (κ2) is 5.50. The maximum absolute atomic E-state index is 12.3. The lowest BCUT2D eigenvalue weighted by molar-refractivity contribution is -0.137. The zero-order valence-corrected chi connectivity index (χ0v) is 11.1. The number of rotatable bonds is 4. The Morgan fingerprint density at radius 2 is 1.78 bits per heavy atom. The summed E-state index contributed by atoms with van der Waals surface area (Å²) in [6, 6.07) is 3.32. The Morgan fingerprint density at radius 1 is 1.28 bits per heavy atom. The van der Waals surface area contributed by atoms with Crippen LogP contribution in [0.15, 0.2) is 29.2 Å². The molecule has 1 rings (SSSR count). The smallest absolute Gasteiger partial charge is 0.210 e. The van der Waals surface area contributed by atoms with Gasteiger partial charge in [0.2, 0.25) is 10.0 Å². The molecule has 3 nitrogen and oxygen atoms in total. The summed E-state index contributed by atoms with van der Waals surface area (Å²) < 4.78 is 62.5. The molecule has 1 atom stereocenters. The highest BCUT2D eigenvalue weighted by Gasteiger charge is 2.30. The van der Waals surface area contributed by atoms with Gasteiger partial charge >= 0.3 is 6.18 Å². The molecule has 0 aliphatic heterocycles. The fraction of sp³-hybridized carbons (Fsp3) is 0.400. The second-order valence-electron chi connectivity index (χ2n) is 3.72. The normalized spacial score (nSPS) is 14.5. The topological polar surface area (TPSA) is 46.2 Å². The van der Waals surface area contributed by atoms with Crippen molar-refractivity contribution in [3.05, 3.63) is 29.8 Å². The van der Waals surface area contributed by atoms with Crippen LogP contribution >= 0.6 is 12.6 Å². The van der Waals surface area contributed by atoms with Crippen LogP contribution in [0.25, 0.3) is 0 Å². The molecule has 0 aliphatic carbocycles. The lowest BCUT2D eigenvalue weighted by atomic mass is 10.2. The van der Waals surface area contributed by atoms with Crippen LogP contribution in [0.1, 0.15) is 12.5 Å². The van der Waals surface area contributed by atoms with E-state index in [0.717, 1.165) is 24.3 Å². The van der Waals surface area contributed by atoms with Crippen LogP contribution in [-0.2, 0) is 16.2 Å². The Bertz CT molecular complexity index is 495. The van der Waals surface area contributed by atoms with Gasteiger partial charge in [0.25, 0.3) is 0 Å². The minimum absolute atomic E-state index is 0.104. The Morgan fingerprint density at radius 3 is 2.17 bits per heavy atom. The third kappa shape index (κ3) is 4.18. The van der Waals surface area contributed by atoms with Gasteiger partial charge in [-0.1, -0.05) is 6.92 Å². The average molecular weight is 299 g/mol. The Labute approximate surface area is 109 Å². The van der Waals surface area contributed by atoms with E-state index in [4.69, 9.17) is 0 Å². The highest BCUT2D eigenvalue weighted by atomic mass is 32.2. The van der Waals surface area contributed by atoms with Crippen molar-refractivity contribution in [3.63, 3.8) is 0 Å². The molecule has 1 unspecified atom stereocenters. The van der Waals surface area contributed by atoms with Crippen LogP contribution in [0.2, 0.25) is 0 Å². The molecule has 0 spiro atoms. The van der Waals surface area contributed by atoms with E-state index in [1.165, 1.54) is 0 Å². The molecule has 0 aromatic heterocycles. The van der Waals surface area contributed by atoms with E-state index >= 15 is 0 Å². The van der Waals surface area contributed by atoms with Gasteiger partial charge in [-0.3, -0.25) is 0 Å². The monoisotopic (exact) mass is 299 g/mol. The van der Waals surface area contributed by atoms with Crippen LogP contribution in [0.3, 0.4) is 0 Å². The van der Waals surface area contributed by atoms with Gasteiger partial charge in [-0.05, 0) is 24.3 Å². The maximum Gasteiger partial charge on any atom is 0.416 e. The first kappa shape index (κ1) is 15.3. The molecule has 8 heteroatoms. The quantitative estimate of drug-likeness (QED) is 0.838. The molecular weight excluding hydrogens is 287 g/mol. The third-order valence-corrected chi connectivity index (χ3v) is 3.68. The van der Waals surface area contributed by atoms with Gasteiger partial charge in [-0.2, -0.15) is 25.8 Å². The molecule has 1 aromatic carbocycles. The molecule has 0 aliphatic rings. The number of sulfonamides is 1. The lowest BCUT2D eigenvalue weighted by Crippen LogP contribution is -2.28. The SMILES string of the molecule is CC(S)CNS(=O)(=O)c1ccc(C(F)(F)F)cc1. The molecule has 0 radical (unpaired) electrons. The van der Waals surface area contributed by atoms with Gasteiger partial charge in [0.05, 0.1) is 10.5 Å². The molecule has 0 saturated heterocycles. The molecule has 0 amide bonds. The van der Waals surface area contributed by atoms with Gasteiger partial charge in [0, 0.05) is 11.8 Å². The summed E-state index contributed by atoms with van der Waals surface area (Å²) in [6.07, 6.45) is -4.48. The fourth-order valence-corrected chi connectivity index (χ4v) is 2.48. The molecule has 0 saturated carbocycles. The molecule has 1 aromatic rings. The van der Waals surface area contributed by atoms with E-state index in [1.807, 2.05) is 0 Å². The van der Waals surface area contributed by atoms with Crippen molar-refractivity contribution in [1.29, 1.82) is 0 Å². The predicted octanol–water partition coefficient (Wildman–Crippen LogP) is 2.30. The van der Waals surface area contributed by atoms with Gasteiger partial charge < -0.3 is 0 Å². The highest BCUT2D eigenvalue weighted by molar-refractivity contribution is 7.89. The van der Waals surface area contributed by atoms with Crippen LogP contribution in [-0.4, -0.2) is 20.2 Å². The minimum Gasteiger partial charge on any atom is -0.210 e. The number of benzene rings is 1. The first-order valence-corrected chi connectivity index (χ1v) is 6.98. The van der Waals surface area contributed by atoms with Crippen molar-refractivity contribution in [2.45, 2.75) is 23.2 Å². The van der Waals surface area contributed by atoms with Crippen LogP contribution in [0.5, 0.6) is 0 Å². The van der Waals surface area contributed by atoms with E-state index < -0.39 is 21.8 Å². The van der Waals surface area contributed by atoms with Gasteiger partial charge in [-0.25, -0.2) is 13.1 Å². The average Bonchev–Trinajstić information content (AvgIpc) is 2.26. The zero-order chi connectivity index (χ0) is 14.0. The fourth-order valence-electron chi connectivity index (χ4n) is 1.14. The Balaban J connectivity index is 2.91. The van der Waals surface area contributed by atoms with Gasteiger partial charge in [0.15, 0.2) is 0 Å². The zero-order valence-electron chi connectivity index (χ0n) is 9.40. The number of halogens is 3. The first-order valence-electron chi connectivity index (χ1n) is 4.98. The van der Waals surface area contributed by atoms with Crippen LogP contribution < -0.4 is 4.72 Å². The highest BCUT2D eigenvalue weighted by Crippen LogP contribution is 2.29. The van der Waals surface area contributed by atoms with E-state index in [-0.39, 0.29) is 16.7 Å². The largest absolute Gasteiger partial charge is 0.416 e. The van der Waals surface area contributed by atoms with E-state index in [2.05, 4.69) is 17.4 Å². The van der Waals surface area contributed by atoms with E-state index in [0.29, 0.717) is 0 Å². The molecular formula is C10H12F3NO2S2. The molecule has 18 heavy (non-hydrogen) atoms. The van der Waals surface area contributed by atoms with Gasteiger partial charge in [0.1, 0.15) is 0 Å². The Hall–Kier alpha value is -0.730. The summed E-state index contributed by atoms with van der Waals surface area (Å²) in [6.45, 7) is 1.80. The number of nitrogens with one attached hydrogen (secondary N) is 1. The predicted molar refractivity (Wildman–Crippen MR) is 65.1 cm³/mol. The summed E-state index contributed by atoms with van der Waals surface area (Å²) in [4.78, 5) is -0.204. The number of hydrogen-bond donors (Lipinski definition) is 2. The lowest BCUT2D eigenvalue weighted by Gasteiger charge is -2.10. The first-order chi connectivity index (χ1) is 8.13. The van der Waals surface area contributed by atoms with E-state index in [9.17, 15) is 21.6 Å². The van der Waals surface area contributed by atoms with Gasteiger partial charge in [-0.15, -0.1) is 0 Å². The summed E-state index contributed by atoms with van der Waals surface area (Å²) in [5.41, 5.74) is -0.885. The van der Waals surface area contributed by atoms with Crippen LogP contribution in [0.4, 0.5) is 13.2 Å². The van der Waals surface area contributed by atoms with Crippen molar-refractivity contribution in [2.75, 3.05) is 6.54 Å². The number of alkyl halides is 3. The number of hydrogen-bond acceptors (Lipinski definition) is 3. The van der Waals surface area contributed by atoms with Crippen molar-refractivity contribution >= 4 is 22.7 Å². The van der Waals surface area contributed by atoms with Crippen molar-refractivity contribution < 1.29 is 21.6 Å². The third-order valence-electron chi connectivity index (χ3n) is 2.06. The summed E-state index contributed by atoms with van der Waals surface area (Å²) in [5, 5.41) is -0.186. The second-order valence-corrected chi connectivity index (χ2v) is 6.37. The molecule has 0 fully saturated rings. The standard InChI is InChI=1S/C10H12F3NO2S2/c1-7(17)6-14-18(15,16)9-4-2-8(3-5-9)10(11,12)13/h2-5,7,14,17H,6H2,1H3. The van der Waals surface area contributed by atoms with Crippen molar-refractivity contribution in [3.8, 4) is 0 Å². The molecule has 102 valence electrons. The summed E-state index contributed by atoms with van der Waals surface area (Å²) >= 11 is 4.00. The van der Waals surface area contributed by atoms with Crippen LogP contribution in [0, 0.1) is 0 Å². The summed E-state index contributed by atoms with van der Waals surface area (Å²) in [7, 11) is -3.78. The maximum atomic E-state index is 12.3. The molecule has 0 bridgehead atoms.